The number of fused-ring (bicyclic) bond motifs is 1. The number of benzene rings is 1. The zero-order valence-electron chi connectivity index (χ0n) is 12.4. The van der Waals surface area contributed by atoms with Crippen LogP contribution < -0.4 is 0 Å². The summed E-state index contributed by atoms with van der Waals surface area (Å²) in [5.74, 6) is -0.223. The average Bonchev–Trinajstić information content (AvgIpc) is 2.83. The van der Waals surface area contributed by atoms with E-state index in [1.165, 1.54) is 6.07 Å². The second-order valence-corrected chi connectivity index (χ2v) is 5.37. The van der Waals surface area contributed by atoms with Gasteiger partial charge in [-0.05, 0) is 24.0 Å². The molecule has 0 aliphatic carbocycles. The van der Waals surface area contributed by atoms with Crippen molar-refractivity contribution in [1.29, 1.82) is 0 Å². The van der Waals surface area contributed by atoms with Crippen molar-refractivity contribution in [3.05, 3.63) is 35.3 Å². The maximum Gasteiger partial charge on any atom is 0.289 e. The molecule has 0 N–H and O–H groups in total. The monoisotopic (exact) mass is 277 g/mol. The fraction of sp³-hybridized carbons (Fsp3) is 0.438. The smallest absolute Gasteiger partial charge is 0.289 e. The maximum atomic E-state index is 14.4. The summed E-state index contributed by atoms with van der Waals surface area (Å²) in [6, 6.07) is 4.95. The molecule has 3 nitrogen and oxygen atoms in total. The zero-order valence-corrected chi connectivity index (χ0v) is 12.4. The summed E-state index contributed by atoms with van der Waals surface area (Å²) in [4.78, 5) is 13.7. The van der Waals surface area contributed by atoms with Gasteiger partial charge in [0.15, 0.2) is 5.76 Å². The Morgan fingerprint density at radius 2 is 2.10 bits per heavy atom. The van der Waals surface area contributed by atoms with Crippen molar-refractivity contribution in [3.63, 3.8) is 0 Å². The van der Waals surface area contributed by atoms with Crippen molar-refractivity contribution < 1.29 is 13.6 Å². The molecular weight excluding hydrogens is 257 g/mol. The standard InChI is InChI=1S/C16H20FNO2/c1-5-8-18(4)16(19)14-9-12-13(20-14)7-6-11(10(2)3)15(12)17/h6-7,9-10H,5,8H2,1-4H3. The second kappa shape index (κ2) is 5.65. The molecule has 0 aliphatic heterocycles. The Hall–Kier alpha value is -1.84. The average molecular weight is 277 g/mol. The minimum atomic E-state index is -0.293. The first-order valence-corrected chi connectivity index (χ1v) is 6.93. The van der Waals surface area contributed by atoms with E-state index in [-0.39, 0.29) is 23.4 Å². The van der Waals surface area contributed by atoms with E-state index in [2.05, 4.69) is 0 Å². The fourth-order valence-electron chi connectivity index (χ4n) is 2.27. The molecule has 1 aromatic carbocycles. The summed E-state index contributed by atoms with van der Waals surface area (Å²) in [6.45, 7) is 6.52. The van der Waals surface area contributed by atoms with E-state index < -0.39 is 0 Å². The second-order valence-electron chi connectivity index (χ2n) is 5.37. The number of nitrogens with zero attached hydrogens (tertiary/aromatic N) is 1. The third kappa shape index (κ3) is 2.55. The highest BCUT2D eigenvalue weighted by Crippen LogP contribution is 2.28. The predicted octanol–water partition coefficient (Wildman–Crippen LogP) is 4.18. The van der Waals surface area contributed by atoms with Crippen LogP contribution in [0.3, 0.4) is 0 Å². The summed E-state index contributed by atoms with van der Waals surface area (Å²) >= 11 is 0. The van der Waals surface area contributed by atoms with Gasteiger partial charge in [-0.15, -0.1) is 0 Å². The molecule has 2 aromatic rings. The van der Waals surface area contributed by atoms with Gasteiger partial charge in [-0.1, -0.05) is 26.8 Å². The molecule has 0 radical (unpaired) electrons. The first-order chi connectivity index (χ1) is 9.45. The highest BCUT2D eigenvalue weighted by molar-refractivity contribution is 5.96. The van der Waals surface area contributed by atoms with Gasteiger partial charge in [-0.2, -0.15) is 0 Å². The lowest BCUT2D eigenvalue weighted by molar-refractivity contribution is 0.0766. The third-order valence-electron chi connectivity index (χ3n) is 3.40. The Kier molecular flexibility index (Phi) is 4.12. The molecule has 4 heteroatoms. The highest BCUT2D eigenvalue weighted by Gasteiger charge is 2.19. The summed E-state index contributed by atoms with van der Waals surface area (Å²) < 4.78 is 19.8. The van der Waals surface area contributed by atoms with Crippen LogP contribution in [0, 0.1) is 5.82 Å². The van der Waals surface area contributed by atoms with Gasteiger partial charge in [0.2, 0.25) is 0 Å². The van der Waals surface area contributed by atoms with Crippen LogP contribution in [0.1, 0.15) is 49.2 Å². The molecule has 1 heterocycles. The molecule has 0 bridgehead atoms. The van der Waals surface area contributed by atoms with Crippen molar-refractivity contribution in [2.75, 3.05) is 13.6 Å². The van der Waals surface area contributed by atoms with Gasteiger partial charge in [-0.25, -0.2) is 4.39 Å². The number of furan rings is 1. The van der Waals surface area contributed by atoms with Crippen molar-refractivity contribution in [3.8, 4) is 0 Å². The van der Waals surface area contributed by atoms with Crippen LogP contribution in [0.2, 0.25) is 0 Å². The largest absolute Gasteiger partial charge is 0.451 e. The van der Waals surface area contributed by atoms with Gasteiger partial charge in [-0.3, -0.25) is 4.79 Å². The molecule has 1 aromatic heterocycles. The van der Waals surface area contributed by atoms with Gasteiger partial charge in [0.25, 0.3) is 5.91 Å². The molecule has 108 valence electrons. The minimum Gasteiger partial charge on any atom is -0.451 e. The van der Waals surface area contributed by atoms with E-state index in [9.17, 15) is 9.18 Å². The number of carbonyl (C=O) groups excluding carboxylic acids is 1. The summed E-state index contributed by atoms with van der Waals surface area (Å²) in [5.41, 5.74) is 1.05. The van der Waals surface area contributed by atoms with Crippen LogP contribution >= 0.6 is 0 Å². The van der Waals surface area contributed by atoms with Gasteiger partial charge >= 0.3 is 0 Å². The van der Waals surface area contributed by atoms with E-state index in [4.69, 9.17) is 4.42 Å². The minimum absolute atomic E-state index is 0.0937. The number of halogens is 1. The Morgan fingerprint density at radius 1 is 1.40 bits per heavy atom. The van der Waals surface area contributed by atoms with E-state index in [1.54, 1.807) is 24.1 Å². The summed E-state index contributed by atoms with van der Waals surface area (Å²) in [6.07, 6.45) is 0.869. The van der Waals surface area contributed by atoms with E-state index >= 15 is 0 Å². The van der Waals surface area contributed by atoms with Crippen molar-refractivity contribution in [2.24, 2.45) is 0 Å². The topological polar surface area (TPSA) is 33.5 Å². The van der Waals surface area contributed by atoms with Crippen LogP contribution in [-0.2, 0) is 0 Å². The number of hydrogen-bond acceptors (Lipinski definition) is 2. The number of rotatable bonds is 4. The first kappa shape index (κ1) is 14.6. The van der Waals surface area contributed by atoms with Crippen LogP contribution in [0.15, 0.2) is 22.6 Å². The highest BCUT2D eigenvalue weighted by atomic mass is 19.1. The number of amides is 1. The molecule has 0 saturated heterocycles. The number of carbonyl (C=O) groups is 1. The SMILES string of the molecule is CCCN(C)C(=O)c1cc2c(F)c(C(C)C)ccc2o1. The van der Waals surface area contributed by atoms with Crippen LogP contribution in [0.25, 0.3) is 11.0 Å². The van der Waals surface area contributed by atoms with Crippen LogP contribution in [0.5, 0.6) is 0 Å². The van der Waals surface area contributed by atoms with Gasteiger partial charge < -0.3 is 9.32 Å². The van der Waals surface area contributed by atoms with E-state index in [0.717, 1.165) is 6.42 Å². The molecule has 0 aliphatic rings. The summed E-state index contributed by atoms with van der Waals surface area (Å²) in [7, 11) is 1.72. The lowest BCUT2D eigenvalue weighted by Crippen LogP contribution is -2.26. The molecule has 0 atom stereocenters. The quantitative estimate of drug-likeness (QED) is 0.840. The molecular formula is C16H20FNO2. The normalized spacial score (nSPS) is 11.3. The maximum absolute atomic E-state index is 14.4. The Bertz CT molecular complexity index is 631. The van der Waals surface area contributed by atoms with Crippen LogP contribution in [-0.4, -0.2) is 24.4 Å². The lowest BCUT2D eigenvalue weighted by atomic mass is 10.0. The molecule has 20 heavy (non-hydrogen) atoms. The number of hydrogen-bond donors (Lipinski definition) is 0. The van der Waals surface area contributed by atoms with E-state index in [1.807, 2.05) is 20.8 Å². The van der Waals surface area contributed by atoms with Gasteiger partial charge in [0.05, 0.1) is 5.39 Å². The predicted molar refractivity (Wildman–Crippen MR) is 77.5 cm³/mol. The van der Waals surface area contributed by atoms with Gasteiger partial charge in [0.1, 0.15) is 11.4 Å². The third-order valence-corrected chi connectivity index (χ3v) is 3.40. The molecule has 1 amide bonds. The molecule has 0 saturated carbocycles. The fourth-order valence-corrected chi connectivity index (χ4v) is 2.27. The van der Waals surface area contributed by atoms with Crippen molar-refractivity contribution in [2.45, 2.75) is 33.1 Å². The Morgan fingerprint density at radius 3 is 2.70 bits per heavy atom. The molecule has 0 unspecified atom stereocenters. The zero-order chi connectivity index (χ0) is 14.9. The molecule has 0 spiro atoms. The lowest BCUT2D eigenvalue weighted by Gasteiger charge is -2.13. The van der Waals surface area contributed by atoms with Gasteiger partial charge in [0, 0.05) is 19.7 Å². The Labute approximate surface area is 118 Å². The van der Waals surface area contributed by atoms with Crippen LogP contribution in [0.4, 0.5) is 4.39 Å². The van der Waals surface area contributed by atoms with E-state index in [0.29, 0.717) is 23.1 Å². The molecule has 0 fully saturated rings. The first-order valence-electron chi connectivity index (χ1n) is 6.93. The summed E-state index contributed by atoms with van der Waals surface area (Å²) in [5, 5.41) is 0.379. The van der Waals surface area contributed by atoms with Crippen molar-refractivity contribution >= 4 is 16.9 Å². The van der Waals surface area contributed by atoms with Crippen molar-refractivity contribution in [1.82, 2.24) is 4.90 Å². The molecule has 2 rings (SSSR count). The Balaban J connectivity index is 2.44.